The summed E-state index contributed by atoms with van der Waals surface area (Å²) in [6.45, 7) is -0.445. The molecule has 2 amide bonds. The van der Waals surface area contributed by atoms with Gasteiger partial charge in [-0.25, -0.2) is 8.42 Å². The third-order valence-electron chi connectivity index (χ3n) is 8.20. The Balaban J connectivity index is 1.55. The molecule has 46 heavy (non-hydrogen) atoms. The van der Waals surface area contributed by atoms with E-state index in [0.717, 1.165) is 47.5 Å². The quantitative estimate of drug-likeness (QED) is 0.171. The molecule has 1 N–H and O–H groups in total. The number of rotatable bonds is 12. The van der Waals surface area contributed by atoms with Crippen LogP contribution >= 0.6 is 23.2 Å². The van der Waals surface area contributed by atoms with Crippen LogP contribution in [0.15, 0.2) is 114 Å². The van der Waals surface area contributed by atoms with E-state index >= 15 is 0 Å². The van der Waals surface area contributed by atoms with Gasteiger partial charge in [-0.2, -0.15) is 0 Å². The first-order valence-electron chi connectivity index (χ1n) is 15.4. The number of hydrogen-bond acceptors (Lipinski definition) is 4. The van der Waals surface area contributed by atoms with Crippen LogP contribution in [0.3, 0.4) is 0 Å². The molecule has 0 aliphatic heterocycles. The van der Waals surface area contributed by atoms with Crippen molar-refractivity contribution in [1.82, 2.24) is 10.2 Å². The van der Waals surface area contributed by atoms with Crippen molar-refractivity contribution in [1.29, 1.82) is 0 Å². The van der Waals surface area contributed by atoms with Crippen molar-refractivity contribution in [2.24, 2.45) is 0 Å². The standard InChI is InChI=1S/C36H37Cl2N3O4S/c37-29-19-21-33(22-20-29)46(44,45)41(32-18-10-15-30(38)24-32)26-35(42)40(25-28-13-6-2-7-14-28)34(23-27-11-4-1-5-12-27)36(43)39-31-16-8-3-9-17-31/h1-2,4-7,10-15,18-22,24,31,34H,3,8-9,16-17,23,25-26H2,(H,39,43)/t34-/m0/s1. The molecule has 0 saturated heterocycles. The first-order valence-corrected chi connectivity index (χ1v) is 17.6. The zero-order valence-electron chi connectivity index (χ0n) is 25.4. The molecule has 4 aromatic rings. The Bertz CT molecular complexity index is 1720. The molecule has 7 nitrogen and oxygen atoms in total. The number of sulfonamides is 1. The van der Waals surface area contributed by atoms with E-state index in [1.165, 1.54) is 35.2 Å². The molecule has 5 rings (SSSR count). The Hall–Kier alpha value is -3.85. The van der Waals surface area contributed by atoms with Gasteiger partial charge in [0, 0.05) is 29.1 Å². The van der Waals surface area contributed by atoms with Gasteiger partial charge in [-0.05, 0) is 66.4 Å². The summed E-state index contributed by atoms with van der Waals surface area (Å²) in [6, 6.07) is 30.2. The summed E-state index contributed by atoms with van der Waals surface area (Å²) >= 11 is 12.4. The van der Waals surface area contributed by atoms with Gasteiger partial charge in [0.1, 0.15) is 12.6 Å². The fourth-order valence-corrected chi connectivity index (χ4v) is 7.49. The molecule has 0 bridgehead atoms. The van der Waals surface area contributed by atoms with E-state index < -0.39 is 28.5 Å². The average Bonchev–Trinajstić information content (AvgIpc) is 3.06. The van der Waals surface area contributed by atoms with E-state index in [9.17, 15) is 18.0 Å². The van der Waals surface area contributed by atoms with Crippen LogP contribution in [0.2, 0.25) is 10.0 Å². The topological polar surface area (TPSA) is 86.8 Å². The monoisotopic (exact) mass is 677 g/mol. The second kappa shape index (κ2) is 15.6. The Labute approximate surface area is 281 Å². The van der Waals surface area contributed by atoms with Crippen LogP contribution in [0.4, 0.5) is 5.69 Å². The number of halogens is 2. The van der Waals surface area contributed by atoms with Crippen molar-refractivity contribution < 1.29 is 18.0 Å². The smallest absolute Gasteiger partial charge is 0.264 e. The molecule has 1 aliphatic carbocycles. The average molecular weight is 679 g/mol. The predicted octanol–water partition coefficient (Wildman–Crippen LogP) is 7.28. The molecule has 10 heteroatoms. The second-order valence-corrected chi connectivity index (χ2v) is 14.2. The minimum Gasteiger partial charge on any atom is -0.352 e. The summed E-state index contributed by atoms with van der Waals surface area (Å²) in [5, 5.41) is 3.92. The predicted molar refractivity (Wildman–Crippen MR) is 183 cm³/mol. The Kier molecular flexibility index (Phi) is 11.4. The van der Waals surface area contributed by atoms with Crippen molar-refractivity contribution in [2.75, 3.05) is 10.8 Å². The number of anilines is 1. The van der Waals surface area contributed by atoms with Gasteiger partial charge in [0.25, 0.3) is 10.0 Å². The number of amides is 2. The zero-order chi connectivity index (χ0) is 32.5. The molecule has 4 aromatic carbocycles. The van der Waals surface area contributed by atoms with Crippen LogP contribution in [-0.4, -0.2) is 43.8 Å². The van der Waals surface area contributed by atoms with Gasteiger partial charge in [0.05, 0.1) is 10.6 Å². The van der Waals surface area contributed by atoms with E-state index in [1.54, 1.807) is 18.2 Å². The lowest BCUT2D eigenvalue weighted by Crippen LogP contribution is -2.55. The molecule has 1 fully saturated rings. The van der Waals surface area contributed by atoms with E-state index in [0.29, 0.717) is 10.0 Å². The van der Waals surface area contributed by atoms with Crippen LogP contribution in [0.5, 0.6) is 0 Å². The Morgan fingerprint density at radius 1 is 0.761 bits per heavy atom. The van der Waals surface area contributed by atoms with Gasteiger partial charge in [0.15, 0.2) is 0 Å². The van der Waals surface area contributed by atoms with Crippen LogP contribution in [0.25, 0.3) is 0 Å². The van der Waals surface area contributed by atoms with Crippen LogP contribution in [0, 0.1) is 0 Å². The molecule has 0 unspecified atom stereocenters. The van der Waals surface area contributed by atoms with Crippen molar-refractivity contribution in [2.45, 2.75) is 62.0 Å². The molecule has 240 valence electrons. The first-order chi connectivity index (χ1) is 22.2. The third-order valence-corrected chi connectivity index (χ3v) is 10.5. The van der Waals surface area contributed by atoms with Crippen LogP contribution in [-0.2, 0) is 32.6 Å². The highest BCUT2D eigenvalue weighted by Crippen LogP contribution is 2.28. The maximum absolute atomic E-state index is 14.6. The van der Waals surface area contributed by atoms with Gasteiger partial charge in [-0.15, -0.1) is 0 Å². The molecular formula is C36H37Cl2N3O4S. The fourth-order valence-electron chi connectivity index (χ4n) is 5.77. The summed E-state index contributed by atoms with van der Waals surface area (Å²) in [5.74, 6) is -0.781. The molecular weight excluding hydrogens is 641 g/mol. The summed E-state index contributed by atoms with van der Waals surface area (Å²) in [6.07, 6.45) is 5.26. The molecule has 0 heterocycles. The second-order valence-electron chi connectivity index (χ2n) is 11.5. The summed E-state index contributed by atoms with van der Waals surface area (Å²) < 4.78 is 29.3. The lowest BCUT2D eigenvalue weighted by molar-refractivity contribution is -0.140. The third kappa shape index (κ3) is 8.69. The van der Waals surface area contributed by atoms with E-state index in [2.05, 4.69) is 5.32 Å². The minimum atomic E-state index is -4.25. The summed E-state index contributed by atoms with van der Waals surface area (Å²) in [7, 11) is -4.25. The van der Waals surface area contributed by atoms with Gasteiger partial charge in [-0.1, -0.05) is 109 Å². The molecule has 0 aromatic heterocycles. The van der Waals surface area contributed by atoms with Gasteiger partial charge < -0.3 is 10.2 Å². The van der Waals surface area contributed by atoms with Crippen molar-refractivity contribution in [3.05, 3.63) is 130 Å². The first kappa shape index (κ1) is 33.5. The van der Waals surface area contributed by atoms with Gasteiger partial charge in [-0.3, -0.25) is 13.9 Å². The van der Waals surface area contributed by atoms with E-state index in [4.69, 9.17) is 23.2 Å². The van der Waals surface area contributed by atoms with Gasteiger partial charge in [0.2, 0.25) is 11.8 Å². The molecule has 0 radical (unpaired) electrons. The lowest BCUT2D eigenvalue weighted by Gasteiger charge is -2.35. The maximum atomic E-state index is 14.6. The molecule has 1 aliphatic rings. The number of nitrogens with one attached hydrogen (secondary N) is 1. The number of carbonyl (C=O) groups is 2. The fraction of sp³-hybridized carbons (Fsp3) is 0.278. The van der Waals surface area contributed by atoms with Crippen molar-refractivity contribution in [3.8, 4) is 0 Å². The maximum Gasteiger partial charge on any atom is 0.264 e. The number of hydrogen-bond donors (Lipinski definition) is 1. The Morgan fingerprint density at radius 3 is 2.02 bits per heavy atom. The zero-order valence-corrected chi connectivity index (χ0v) is 27.7. The normalized spacial score (nSPS) is 14.3. The van der Waals surface area contributed by atoms with Crippen molar-refractivity contribution in [3.63, 3.8) is 0 Å². The number of benzene rings is 4. The largest absolute Gasteiger partial charge is 0.352 e. The van der Waals surface area contributed by atoms with Crippen LogP contribution in [0.1, 0.15) is 43.2 Å². The molecule has 1 atom stereocenters. The van der Waals surface area contributed by atoms with Crippen molar-refractivity contribution >= 4 is 50.7 Å². The number of carbonyl (C=O) groups excluding carboxylic acids is 2. The highest BCUT2D eigenvalue weighted by Gasteiger charge is 2.35. The highest BCUT2D eigenvalue weighted by molar-refractivity contribution is 7.92. The summed E-state index contributed by atoms with van der Waals surface area (Å²) in [5.41, 5.74) is 1.92. The van der Waals surface area contributed by atoms with Gasteiger partial charge >= 0.3 is 0 Å². The highest BCUT2D eigenvalue weighted by atomic mass is 35.5. The SMILES string of the molecule is O=C(NC1CCCCC1)[C@H](Cc1ccccc1)N(Cc1ccccc1)C(=O)CN(c1cccc(Cl)c1)S(=O)(=O)c1ccc(Cl)cc1. The number of nitrogens with zero attached hydrogens (tertiary/aromatic N) is 2. The Morgan fingerprint density at radius 2 is 1.39 bits per heavy atom. The van der Waals surface area contributed by atoms with Crippen LogP contribution < -0.4 is 9.62 Å². The minimum absolute atomic E-state index is 0.0291. The van der Waals surface area contributed by atoms with E-state index in [1.807, 2.05) is 60.7 Å². The molecule has 1 saturated carbocycles. The lowest BCUT2D eigenvalue weighted by atomic mass is 9.94. The summed E-state index contributed by atoms with van der Waals surface area (Å²) in [4.78, 5) is 30.2. The molecule has 0 spiro atoms. The van der Waals surface area contributed by atoms with E-state index in [-0.39, 0.29) is 35.5 Å².